The molecule has 2 saturated carbocycles. The highest BCUT2D eigenvalue weighted by molar-refractivity contribution is 5.01. The summed E-state index contributed by atoms with van der Waals surface area (Å²) >= 11 is 0. The van der Waals surface area contributed by atoms with Crippen LogP contribution in [0.4, 0.5) is 0 Å². The van der Waals surface area contributed by atoms with Crippen LogP contribution in [0, 0.1) is 11.8 Å². The van der Waals surface area contributed by atoms with E-state index < -0.39 is 111 Å². The number of rotatable bonds is 10. The second-order valence-electron chi connectivity index (χ2n) is 13.4. The number of fused-ring (bicyclic) bond motifs is 1. The minimum atomic E-state index is -1.65. The zero-order valence-electron chi connectivity index (χ0n) is 26.8. The highest BCUT2D eigenvalue weighted by Crippen LogP contribution is 2.44. The van der Waals surface area contributed by atoms with Crippen LogP contribution in [-0.4, -0.2) is 195 Å². The van der Waals surface area contributed by atoms with Crippen LogP contribution in [0.3, 0.4) is 0 Å². The second kappa shape index (κ2) is 16.1. The molecule has 0 aromatic carbocycles. The predicted molar refractivity (Wildman–Crippen MR) is 156 cm³/mol. The molecular weight excluding hydrogens is 632 g/mol. The lowest BCUT2D eigenvalue weighted by atomic mass is 9.72. The van der Waals surface area contributed by atoms with Gasteiger partial charge in [-0.1, -0.05) is 0 Å². The minimum Gasteiger partial charge on any atom is -0.427 e. The van der Waals surface area contributed by atoms with Crippen molar-refractivity contribution < 1.29 is 83.9 Å². The zero-order valence-corrected chi connectivity index (χ0v) is 26.8. The van der Waals surface area contributed by atoms with Crippen LogP contribution in [0.15, 0.2) is 0 Å². The Morgan fingerprint density at radius 1 is 0.553 bits per heavy atom. The monoisotopic (exact) mass is 685 g/mol. The van der Waals surface area contributed by atoms with Gasteiger partial charge in [0.15, 0.2) is 24.8 Å². The molecule has 0 aromatic rings. The standard InChI is InChI=1S/C30H52O17/c1-40-12-6-14-13(15(7-12)44-29-26(38)24(36)22(34)19(9-31)46-29)8-18(45-30-27(39)25(37)23(35)20(10-32)47-30)28(43-14)11-4-16(41-2)21(33)17(5-11)42-3/h11-39H,4-10H2,1-3H3/p+1/t11?,12?,13?,14?,15?,16?,17?,18?,19-,20-,21?,22-,23-,24+,25+,26-,27-,28?,29-,30-/m1/s1. The summed E-state index contributed by atoms with van der Waals surface area (Å²) in [7, 11) is 4.57. The Bertz CT molecular complexity index is 961. The Kier molecular flexibility index (Phi) is 12.9. The Labute approximate surface area is 272 Å². The summed E-state index contributed by atoms with van der Waals surface area (Å²) in [5.41, 5.74) is 0. The van der Waals surface area contributed by atoms with Gasteiger partial charge in [0, 0.05) is 40.1 Å². The first-order valence-corrected chi connectivity index (χ1v) is 16.3. The molecule has 5 aliphatic rings. The first-order valence-electron chi connectivity index (χ1n) is 16.3. The van der Waals surface area contributed by atoms with Gasteiger partial charge in [0.05, 0.1) is 43.5 Å². The molecule has 274 valence electrons. The van der Waals surface area contributed by atoms with E-state index in [1.807, 2.05) is 0 Å². The third-order valence-corrected chi connectivity index (χ3v) is 10.8. The highest BCUT2D eigenvalue weighted by Gasteiger charge is 2.57. The number of aliphatic hydroxyl groups is 11. The molecule has 0 radical (unpaired) electrons. The van der Waals surface area contributed by atoms with Crippen molar-refractivity contribution in [2.75, 3.05) is 34.5 Å². The van der Waals surface area contributed by atoms with Gasteiger partial charge in [-0.15, -0.1) is 0 Å². The lowest BCUT2D eigenvalue weighted by Crippen LogP contribution is -2.64. The molecule has 2 aliphatic carbocycles. The van der Waals surface area contributed by atoms with Crippen molar-refractivity contribution in [1.82, 2.24) is 0 Å². The number of aliphatic hydroxyl groups excluding tert-OH is 9. The van der Waals surface area contributed by atoms with E-state index in [0.717, 1.165) is 0 Å². The molecule has 3 aliphatic heterocycles. The van der Waals surface area contributed by atoms with Crippen molar-refractivity contribution in [2.45, 2.75) is 142 Å². The third kappa shape index (κ3) is 7.67. The van der Waals surface area contributed by atoms with Crippen LogP contribution < -0.4 is 0 Å². The fourth-order valence-corrected chi connectivity index (χ4v) is 8.00. The summed E-state index contributed by atoms with van der Waals surface area (Å²) in [5.74, 6) is -0.595. The van der Waals surface area contributed by atoms with Crippen molar-refractivity contribution in [1.29, 1.82) is 0 Å². The maximum Gasteiger partial charge on any atom is 0.187 e. The molecule has 47 heavy (non-hydrogen) atoms. The smallest absolute Gasteiger partial charge is 0.187 e. The van der Waals surface area contributed by atoms with Gasteiger partial charge < -0.3 is 83.9 Å². The molecule has 5 rings (SSSR count). The van der Waals surface area contributed by atoms with Gasteiger partial charge in [0.1, 0.15) is 61.0 Å². The van der Waals surface area contributed by atoms with Crippen molar-refractivity contribution in [2.24, 2.45) is 11.8 Å². The number of hydrogen-bond acceptors (Lipinski definition) is 16. The van der Waals surface area contributed by atoms with Gasteiger partial charge in [-0.25, -0.2) is 0 Å². The van der Waals surface area contributed by atoms with Crippen LogP contribution >= 0.6 is 0 Å². The lowest BCUT2D eigenvalue weighted by Gasteiger charge is -2.51. The molecule has 3 heterocycles. The molecule has 17 heteroatoms. The predicted octanol–water partition coefficient (Wildman–Crippen LogP) is -4.75. The fourth-order valence-electron chi connectivity index (χ4n) is 8.00. The largest absolute Gasteiger partial charge is 0.427 e. The Balaban J connectivity index is 1.43. The molecule has 0 amide bonds. The van der Waals surface area contributed by atoms with Gasteiger partial charge in [0.2, 0.25) is 0 Å². The van der Waals surface area contributed by atoms with Crippen LogP contribution in [0.25, 0.3) is 0 Å². The second-order valence-corrected chi connectivity index (χ2v) is 13.4. The molecule has 8 unspecified atom stereocenters. The maximum absolute atomic E-state index is 10.8. The molecule has 18 atom stereocenters. The van der Waals surface area contributed by atoms with Crippen LogP contribution in [-0.2, 0) is 33.2 Å². The Hall–Kier alpha value is -0.680. The fraction of sp³-hybridized carbons (Fsp3) is 1.00. The minimum absolute atomic E-state index is 0.225. The van der Waals surface area contributed by atoms with Crippen LogP contribution in [0.1, 0.15) is 32.1 Å². The maximum atomic E-state index is 10.8. The van der Waals surface area contributed by atoms with Crippen molar-refractivity contribution in [3.8, 4) is 0 Å². The summed E-state index contributed by atoms with van der Waals surface area (Å²) in [5, 5.41) is 93.2. The van der Waals surface area contributed by atoms with Gasteiger partial charge in [-0.2, -0.15) is 0 Å². The van der Waals surface area contributed by atoms with Gasteiger partial charge in [-0.05, 0) is 19.3 Å². The first kappa shape index (κ1) is 37.6. The molecule has 17 nitrogen and oxygen atoms in total. The van der Waals surface area contributed by atoms with Gasteiger partial charge in [0.25, 0.3) is 0 Å². The molecule has 0 aromatic heterocycles. The quantitative estimate of drug-likeness (QED) is 0.0978. The molecule has 0 bridgehead atoms. The van der Waals surface area contributed by atoms with E-state index in [1.165, 1.54) is 14.2 Å². The summed E-state index contributed by atoms with van der Waals surface area (Å²) in [4.78, 5) is 0. The van der Waals surface area contributed by atoms with E-state index in [4.69, 9.17) is 37.9 Å². The normalized spacial score (nSPS) is 52.6. The van der Waals surface area contributed by atoms with E-state index in [-0.39, 0.29) is 30.5 Å². The van der Waals surface area contributed by atoms with Gasteiger partial charge >= 0.3 is 0 Å². The number of methoxy groups -OCH3 is 3. The van der Waals surface area contributed by atoms with Gasteiger partial charge in [-0.3, -0.25) is 0 Å². The molecule has 5 fully saturated rings. The third-order valence-electron chi connectivity index (χ3n) is 10.8. The Morgan fingerprint density at radius 3 is 1.53 bits per heavy atom. The summed E-state index contributed by atoms with van der Waals surface area (Å²) in [6, 6.07) is 0. The lowest BCUT2D eigenvalue weighted by molar-refractivity contribution is -0.368. The van der Waals surface area contributed by atoms with E-state index in [1.54, 1.807) is 7.11 Å². The number of ether oxygens (including phenoxy) is 8. The van der Waals surface area contributed by atoms with Crippen molar-refractivity contribution in [3.63, 3.8) is 0 Å². The SMILES string of the molecule is COC1CC(O[C@@H]2O[C@H](CO)[C@@H](O)[C@H](O)[C@H]2O)C2CC(O[C@@H]3O[C@H](CO)[C@@H](O)[C@H](O)[C@H]3O)C(C3CC(OC)C(O)C(OC)C3)[OH+]C2C1. The van der Waals surface area contributed by atoms with Crippen molar-refractivity contribution in [3.05, 3.63) is 0 Å². The number of hydrogen-bond donors (Lipinski definition) is 9. The van der Waals surface area contributed by atoms with E-state index >= 15 is 0 Å². The molecule has 0 spiro atoms. The summed E-state index contributed by atoms with van der Waals surface area (Å²) < 4.78 is 46.2. The Morgan fingerprint density at radius 2 is 1.06 bits per heavy atom. The van der Waals surface area contributed by atoms with E-state index in [2.05, 4.69) is 0 Å². The molecule has 3 saturated heterocycles. The van der Waals surface area contributed by atoms with Crippen LogP contribution in [0.2, 0.25) is 0 Å². The average Bonchev–Trinajstić information content (AvgIpc) is 3.08. The molecule has 10 N–H and O–H groups in total. The summed E-state index contributed by atoms with van der Waals surface area (Å²) in [6.07, 6.45) is -17.5. The topological polar surface area (TPSA) is 259 Å². The van der Waals surface area contributed by atoms with Crippen molar-refractivity contribution >= 4 is 0 Å². The summed E-state index contributed by atoms with van der Waals surface area (Å²) in [6.45, 7) is -1.25. The first-order chi connectivity index (χ1) is 22.4. The zero-order chi connectivity index (χ0) is 34.2. The van der Waals surface area contributed by atoms with E-state index in [0.29, 0.717) is 25.7 Å². The van der Waals surface area contributed by atoms with E-state index in [9.17, 15) is 46.0 Å². The van der Waals surface area contributed by atoms with Crippen LogP contribution in [0.5, 0.6) is 0 Å². The highest BCUT2D eigenvalue weighted by atomic mass is 16.7. The molecular formula is C30H53O17+. The average molecular weight is 686 g/mol.